The highest BCUT2D eigenvalue weighted by atomic mass is 35.5. The van der Waals surface area contributed by atoms with Crippen LogP contribution >= 0.6 is 12.4 Å². The Morgan fingerprint density at radius 1 is 1.42 bits per heavy atom. The van der Waals surface area contributed by atoms with Gasteiger partial charge < -0.3 is 24.8 Å². The topological polar surface area (TPSA) is 68.8 Å². The molecule has 1 aromatic rings. The zero-order valence-corrected chi connectivity index (χ0v) is 15.1. The first-order valence-corrected chi connectivity index (χ1v) is 8.10. The molecule has 1 unspecified atom stereocenters. The van der Waals surface area contributed by atoms with E-state index in [4.69, 9.17) is 14.2 Å². The number of hydrogen-bond donors (Lipinski definition) is 2. The van der Waals surface area contributed by atoms with Crippen LogP contribution in [-0.4, -0.2) is 51.5 Å². The summed E-state index contributed by atoms with van der Waals surface area (Å²) < 4.78 is 16.5. The van der Waals surface area contributed by atoms with Gasteiger partial charge in [0.25, 0.3) is 5.91 Å². The minimum atomic E-state index is -0.420. The van der Waals surface area contributed by atoms with Gasteiger partial charge >= 0.3 is 0 Å². The van der Waals surface area contributed by atoms with Crippen molar-refractivity contribution in [2.24, 2.45) is 0 Å². The fourth-order valence-corrected chi connectivity index (χ4v) is 2.33. The minimum Gasteiger partial charge on any atom is -0.491 e. The smallest absolute Gasteiger partial charge is 0.250 e. The molecule has 0 aromatic heterocycles. The highest BCUT2D eigenvalue weighted by molar-refractivity contribution is 5.85. The van der Waals surface area contributed by atoms with E-state index < -0.39 is 6.10 Å². The zero-order chi connectivity index (χ0) is 16.5. The summed E-state index contributed by atoms with van der Waals surface area (Å²) in [5, 5.41) is 6.06. The first kappa shape index (κ1) is 20.7. The summed E-state index contributed by atoms with van der Waals surface area (Å²) in [5.41, 5.74) is 2.07. The molecule has 0 radical (unpaired) electrons. The number of morpholine rings is 1. The molecule has 1 amide bonds. The first-order valence-electron chi connectivity index (χ1n) is 8.10. The molecule has 1 aliphatic rings. The molecule has 6 nitrogen and oxygen atoms in total. The molecule has 136 valence electrons. The molecular weight excluding hydrogens is 332 g/mol. The molecule has 1 atom stereocenters. The van der Waals surface area contributed by atoms with Crippen molar-refractivity contribution in [1.82, 2.24) is 10.6 Å². The number of hydrogen-bond acceptors (Lipinski definition) is 5. The second-order valence-corrected chi connectivity index (χ2v) is 5.44. The van der Waals surface area contributed by atoms with E-state index in [0.29, 0.717) is 39.5 Å². The largest absolute Gasteiger partial charge is 0.491 e. The van der Waals surface area contributed by atoms with Gasteiger partial charge in [-0.1, -0.05) is 12.1 Å². The summed E-state index contributed by atoms with van der Waals surface area (Å²) in [4.78, 5) is 12.1. The van der Waals surface area contributed by atoms with E-state index in [2.05, 4.69) is 10.6 Å². The van der Waals surface area contributed by atoms with Gasteiger partial charge in [-0.2, -0.15) is 0 Å². The Kier molecular flexibility index (Phi) is 9.71. The number of rotatable bonds is 8. The maximum absolute atomic E-state index is 12.1. The van der Waals surface area contributed by atoms with Crippen LogP contribution in [0.1, 0.15) is 18.1 Å². The number of halogens is 1. The zero-order valence-electron chi connectivity index (χ0n) is 14.3. The molecule has 7 heteroatoms. The number of amides is 1. The van der Waals surface area contributed by atoms with E-state index in [9.17, 15) is 4.79 Å². The van der Waals surface area contributed by atoms with E-state index in [1.54, 1.807) is 0 Å². The maximum Gasteiger partial charge on any atom is 0.250 e. The van der Waals surface area contributed by atoms with Crippen LogP contribution in [0, 0.1) is 6.92 Å². The van der Waals surface area contributed by atoms with E-state index >= 15 is 0 Å². The summed E-state index contributed by atoms with van der Waals surface area (Å²) in [6, 6.07) is 5.97. The van der Waals surface area contributed by atoms with Crippen LogP contribution in [0.15, 0.2) is 18.2 Å². The van der Waals surface area contributed by atoms with Gasteiger partial charge in [0.2, 0.25) is 0 Å². The van der Waals surface area contributed by atoms with Crippen molar-refractivity contribution in [1.29, 1.82) is 0 Å². The molecule has 1 fully saturated rings. The summed E-state index contributed by atoms with van der Waals surface area (Å²) in [5.74, 6) is 0.686. The summed E-state index contributed by atoms with van der Waals surface area (Å²) in [6.07, 6.45) is -0.420. The molecule has 0 saturated carbocycles. The van der Waals surface area contributed by atoms with Crippen LogP contribution in [0.4, 0.5) is 0 Å². The molecule has 2 rings (SSSR count). The van der Waals surface area contributed by atoms with Crippen LogP contribution in [0.5, 0.6) is 5.75 Å². The van der Waals surface area contributed by atoms with Crippen LogP contribution in [0.3, 0.4) is 0 Å². The van der Waals surface area contributed by atoms with Crippen LogP contribution < -0.4 is 15.4 Å². The van der Waals surface area contributed by atoms with Gasteiger partial charge in [0.15, 0.2) is 0 Å². The lowest BCUT2D eigenvalue weighted by atomic mass is 10.1. The number of ether oxygens (including phenoxy) is 3. The third-order valence-electron chi connectivity index (χ3n) is 3.59. The Morgan fingerprint density at radius 2 is 2.25 bits per heavy atom. The van der Waals surface area contributed by atoms with Crippen LogP contribution in [0.2, 0.25) is 0 Å². The Balaban J connectivity index is 0.00000288. The van der Waals surface area contributed by atoms with Gasteiger partial charge in [0.1, 0.15) is 18.5 Å². The second kappa shape index (κ2) is 11.3. The van der Waals surface area contributed by atoms with Gasteiger partial charge in [-0.25, -0.2) is 0 Å². The van der Waals surface area contributed by atoms with Crippen molar-refractivity contribution in [2.45, 2.75) is 26.5 Å². The van der Waals surface area contributed by atoms with Crippen molar-refractivity contribution in [3.05, 3.63) is 29.3 Å². The molecule has 0 aliphatic carbocycles. The van der Waals surface area contributed by atoms with E-state index in [0.717, 1.165) is 23.4 Å². The third-order valence-corrected chi connectivity index (χ3v) is 3.59. The molecular formula is C17H27ClN2O4. The quantitative estimate of drug-likeness (QED) is 0.688. The molecule has 1 aromatic carbocycles. The number of carbonyl (C=O) groups is 1. The third kappa shape index (κ3) is 6.65. The van der Waals surface area contributed by atoms with E-state index in [1.807, 2.05) is 32.0 Å². The molecule has 0 spiro atoms. The summed E-state index contributed by atoms with van der Waals surface area (Å²) in [7, 11) is 0. The average molecular weight is 359 g/mol. The van der Waals surface area contributed by atoms with Crippen LogP contribution in [0.25, 0.3) is 0 Å². The molecule has 2 N–H and O–H groups in total. The van der Waals surface area contributed by atoms with Gasteiger partial charge in [-0.3, -0.25) is 4.79 Å². The number of carbonyl (C=O) groups excluding carboxylic acids is 1. The van der Waals surface area contributed by atoms with E-state index in [1.165, 1.54) is 0 Å². The van der Waals surface area contributed by atoms with Gasteiger partial charge in [0, 0.05) is 31.8 Å². The van der Waals surface area contributed by atoms with Crippen LogP contribution in [-0.2, 0) is 20.8 Å². The Morgan fingerprint density at radius 3 is 2.96 bits per heavy atom. The monoisotopic (exact) mass is 358 g/mol. The predicted octanol–water partition coefficient (Wildman–Crippen LogP) is 1.44. The minimum absolute atomic E-state index is 0. The number of aryl methyl sites for hydroxylation is 1. The molecule has 24 heavy (non-hydrogen) atoms. The second-order valence-electron chi connectivity index (χ2n) is 5.44. The lowest BCUT2D eigenvalue weighted by Gasteiger charge is -2.23. The first-order chi connectivity index (χ1) is 11.2. The molecule has 0 bridgehead atoms. The molecule has 1 saturated heterocycles. The molecule has 1 heterocycles. The maximum atomic E-state index is 12.1. The van der Waals surface area contributed by atoms with Crippen molar-refractivity contribution in [3.63, 3.8) is 0 Å². The highest BCUT2D eigenvalue weighted by Gasteiger charge is 2.21. The fraction of sp³-hybridized carbons (Fsp3) is 0.588. The number of nitrogens with one attached hydrogen (secondary N) is 2. The highest BCUT2D eigenvalue weighted by Crippen LogP contribution is 2.20. The van der Waals surface area contributed by atoms with Gasteiger partial charge in [-0.15, -0.1) is 12.4 Å². The Bertz CT molecular complexity index is 507. The average Bonchev–Trinajstić information content (AvgIpc) is 2.58. The SMILES string of the molecule is CCOCCOc1cc(C)ccc1CNC(=O)C1CNCCO1.Cl. The predicted molar refractivity (Wildman–Crippen MR) is 94.9 cm³/mol. The van der Waals surface area contributed by atoms with Crippen molar-refractivity contribution < 1.29 is 19.0 Å². The molecule has 1 aliphatic heterocycles. The van der Waals surface area contributed by atoms with Gasteiger partial charge in [0.05, 0.1) is 13.2 Å². The van der Waals surface area contributed by atoms with Crippen molar-refractivity contribution in [3.8, 4) is 5.75 Å². The summed E-state index contributed by atoms with van der Waals surface area (Å²) in [6.45, 7) is 8.02. The standard InChI is InChI=1S/C17H26N2O4.ClH/c1-3-21-8-9-23-15-10-13(2)4-5-14(15)11-19-17(20)16-12-18-6-7-22-16;/h4-5,10,16,18H,3,6-9,11-12H2,1-2H3,(H,19,20);1H. The summed E-state index contributed by atoms with van der Waals surface area (Å²) >= 11 is 0. The van der Waals surface area contributed by atoms with E-state index in [-0.39, 0.29) is 18.3 Å². The van der Waals surface area contributed by atoms with Crippen molar-refractivity contribution >= 4 is 18.3 Å². The lowest BCUT2D eigenvalue weighted by molar-refractivity contribution is -0.134. The van der Waals surface area contributed by atoms with Gasteiger partial charge in [-0.05, 0) is 25.5 Å². The Labute approximate surface area is 149 Å². The number of benzene rings is 1. The van der Waals surface area contributed by atoms with Crippen molar-refractivity contribution in [2.75, 3.05) is 39.5 Å². The normalized spacial score (nSPS) is 17.0. The lowest BCUT2D eigenvalue weighted by Crippen LogP contribution is -2.47. The fourth-order valence-electron chi connectivity index (χ4n) is 2.33. The Hall–Kier alpha value is -1.34.